The van der Waals surface area contributed by atoms with Gasteiger partial charge in [-0.2, -0.15) is 0 Å². The lowest BCUT2D eigenvalue weighted by atomic mass is 9.97. The highest BCUT2D eigenvalue weighted by Crippen LogP contribution is 2.17. The summed E-state index contributed by atoms with van der Waals surface area (Å²) < 4.78 is 0. The molecule has 0 saturated heterocycles. The summed E-state index contributed by atoms with van der Waals surface area (Å²) in [5.41, 5.74) is 5.75. The topological polar surface area (TPSA) is 45.8 Å². The molecule has 20 heavy (non-hydrogen) atoms. The number of H-pyrrole nitrogens is 1. The predicted molar refractivity (Wildman–Crippen MR) is 80.2 cm³/mol. The maximum Gasteiger partial charge on any atom is 0.254 e. The number of hydrogen-bond acceptors (Lipinski definition) is 2. The summed E-state index contributed by atoms with van der Waals surface area (Å²) in [5, 5.41) is 0. The summed E-state index contributed by atoms with van der Waals surface area (Å²) in [6.45, 7) is 4.22. The molecule has 0 spiro atoms. The van der Waals surface area contributed by atoms with Crippen LogP contribution in [0.4, 0.5) is 0 Å². The smallest absolute Gasteiger partial charge is 0.254 e. The van der Waals surface area contributed by atoms with Gasteiger partial charge in [0.2, 0.25) is 0 Å². The largest absolute Gasteiger partial charge is 0.310 e. The van der Waals surface area contributed by atoms with Gasteiger partial charge < -0.3 is 4.98 Å². The van der Waals surface area contributed by atoms with Crippen molar-refractivity contribution in [3.63, 3.8) is 0 Å². The monoisotopic (exact) mass is 268 g/mol. The molecule has 1 N–H and O–H groups in total. The van der Waals surface area contributed by atoms with E-state index < -0.39 is 0 Å². The van der Waals surface area contributed by atoms with Crippen LogP contribution in [0.25, 0.3) is 0 Å². The number of benzene rings is 1. The molecule has 1 aromatic heterocycles. The maximum absolute atomic E-state index is 12.1. The summed E-state index contributed by atoms with van der Waals surface area (Å²) in [4.78, 5) is 19.7. The Morgan fingerprint density at radius 2 is 1.95 bits per heavy atom. The van der Waals surface area contributed by atoms with Gasteiger partial charge in [0.25, 0.3) is 5.56 Å². The maximum atomic E-state index is 12.1. The number of fused-ring (bicyclic) bond motifs is 1. The first-order chi connectivity index (χ1) is 9.63. The van der Waals surface area contributed by atoms with Crippen LogP contribution >= 0.6 is 0 Å². The number of nitrogens with zero attached hydrogens (tertiary/aromatic N) is 1. The van der Waals surface area contributed by atoms with E-state index in [1.54, 1.807) is 0 Å². The Morgan fingerprint density at radius 3 is 2.75 bits per heavy atom. The van der Waals surface area contributed by atoms with Crippen LogP contribution in [0.3, 0.4) is 0 Å². The second-order valence-corrected chi connectivity index (χ2v) is 5.74. The third-order valence-corrected chi connectivity index (χ3v) is 4.18. The second-order valence-electron chi connectivity index (χ2n) is 5.74. The van der Waals surface area contributed by atoms with E-state index in [1.165, 1.54) is 16.7 Å². The highest BCUT2D eigenvalue weighted by Gasteiger charge is 2.15. The van der Waals surface area contributed by atoms with Gasteiger partial charge in [-0.3, -0.25) is 4.79 Å². The minimum Gasteiger partial charge on any atom is -0.310 e. The zero-order valence-corrected chi connectivity index (χ0v) is 12.1. The molecule has 3 heteroatoms. The van der Waals surface area contributed by atoms with Gasteiger partial charge in [-0.25, -0.2) is 4.98 Å². The Hall–Kier alpha value is -1.90. The average molecular weight is 268 g/mol. The lowest BCUT2D eigenvalue weighted by molar-refractivity contribution is 0.648. The molecule has 1 aromatic carbocycles. The van der Waals surface area contributed by atoms with E-state index >= 15 is 0 Å². The molecule has 104 valence electrons. The number of aryl methyl sites for hydroxylation is 3. The summed E-state index contributed by atoms with van der Waals surface area (Å²) in [6.07, 6.45) is 4.77. The number of hydrogen-bond donors (Lipinski definition) is 1. The summed E-state index contributed by atoms with van der Waals surface area (Å²) >= 11 is 0. The van der Waals surface area contributed by atoms with E-state index in [1.807, 2.05) is 0 Å². The number of nitrogens with one attached hydrogen (secondary N) is 1. The van der Waals surface area contributed by atoms with Crippen LogP contribution in [0.15, 0.2) is 23.0 Å². The fraction of sp³-hybridized carbons (Fsp3) is 0.412. The summed E-state index contributed by atoms with van der Waals surface area (Å²) in [5.74, 6) is 0.791. The van der Waals surface area contributed by atoms with Crippen LogP contribution in [-0.4, -0.2) is 9.97 Å². The van der Waals surface area contributed by atoms with Crippen molar-refractivity contribution in [1.29, 1.82) is 0 Å². The van der Waals surface area contributed by atoms with Crippen LogP contribution in [0.5, 0.6) is 0 Å². The van der Waals surface area contributed by atoms with E-state index in [4.69, 9.17) is 0 Å². The van der Waals surface area contributed by atoms with Gasteiger partial charge in [-0.15, -0.1) is 0 Å². The molecule has 0 aliphatic heterocycles. The summed E-state index contributed by atoms with van der Waals surface area (Å²) in [6, 6.07) is 6.41. The van der Waals surface area contributed by atoms with Gasteiger partial charge >= 0.3 is 0 Å². The van der Waals surface area contributed by atoms with Crippen LogP contribution in [0.2, 0.25) is 0 Å². The van der Waals surface area contributed by atoms with Crippen molar-refractivity contribution in [2.24, 2.45) is 0 Å². The molecule has 0 atom stereocenters. The quantitative estimate of drug-likeness (QED) is 0.910. The molecule has 0 saturated carbocycles. The Balaban J connectivity index is 1.93. The number of aromatic amines is 1. The Morgan fingerprint density at radius 1 is 1.15 bits per heavy atom. The molecule has 3 nitrogen and oxygen atoms in total. The zero-order valence-electron chi connectivity index (χ0n) is 12.1. The molecule has 0 unspecified atom stereocenters. The van der Waals surface area contributed by atoms with Crippen molar-refractivity contribution in [2.45, 2.75) is 46.0 Å². The normalized spacial score (nSPS) is 14.1. The predicted octanol–water partition coefficient (Wildman–Crippen LogP) is 2.86. The molecule has 1 aliphatic rings. The molecule has 0 amide bonds. The Kier molecular flexibility index (Phi) is 3.43. The second kappa shape index (κ2) is 5.23. The molecule has 0 radical (unpaired) electrons. The third kappa shape index (κ3) is 2.53. The lowest BCUT2D eigenvalue weighted by Crippen LogP contribution is -2.23. The van der Waals surface area contributed by atoms with Crippen molar-refractivity contribution < 1.29 is 0 Å². The molecular formula is C17H20N2O. The van der Waals surface area contributed by atoms with Crippen LogP contribution in [0.1, 0.15) is 46.6 Å². The highest BCUT2D eigenvalue weighted by molar-refractivity contribution is 5.32. The van der Waals surface area contributed by atoms with Gasteiger partial charge in [0.1, 0.15) is 5.82 Å². The zero-order chi connectivity index (χ0) is 14.1. The molecular weight excluding hydrogens is 248 g/mol. The van der Waals surface area contributed by atoms with E-state index in [2.05, 4.69) is 42.0 Å². The fourth-order valence-electron chi connectivity index (χ4n) is 2.85. The first-order valence-corrected chi connectivity index (χ1v) is 7.30. The molecule has 1 heterocycles. The van der Waals surface area contributed by atoms with Crippen molar-refractivity contribution >= 4 is 0 Å². The lowest BCUT2D eigenvalue weighted by Gasteiger charge is -2.14. The van der Waals surface area contributed by atoms with Crippen molar-refractivity contribution in [1.82, 2.24) is 9.97 Å². The third-order valence-electron chi connectivity index (χ3n) is 4.18. The minimum atomic E-state index is 0.0635. The first-order valence-electron chi connectivity index (χ1n) is 7.30. The average Bonchev–Trinajstić information content (AvgIpc) is 2.43. The number of rotatable bonds is 2. The van der Waals surface area contributed by atoms with Crippen molar-refractivity contribution in [3.8, 4) is 0 Å². The first kappa shape index (κ1) is 13.1. The SMILES string of the molecule is Cc1ccc(Cc2nc3c(c(=O)[nH]2)CCCC3)cc1C. The van der Waals surface area contributed by atoms with Crippen molar-refractivity contribution in [3.05, 3.63) is 62.3 Å². The van der Waals surface area contributed by atoms with Crippen molar-refractivity contribution in [2.75, 3.05) is 0 Å². The van der Waals surface area contributed by atoms with E-state index in [0.29, 0.717) is 6.42 Å². The van der Waals surface area contributed by atoms with Gasteiger partial charge in [-0.1, -0.05) is 18.2 Å². The molecule has 0 fully saturated rings. The molecule has 1 aliphatic carbocycles. The van der Waals surface area contributed by atoms with E-state index in [9.17, 15) is 4.79 Å². The highest BCUT2D eigenvalue weighted by atomic mass is 16.1. The van der Waals surface area contributed by atoms with E-state index in [-0.39, 0.29) is 5.56 Å². The van der Waals surface area contributed by atoms with Gasteiger partial charge in [-0.05, 0) is 56.2 Å². The van der Waals surface area contributed by atoms with Crippen LogP contribution in [-0.2, 0) is 19.3 Å². The number of aromatic nitrogens is 2. The van der Waals surface area contributed by atoms with Crippen LogP contribution in [0, 0.1) is 13.8 Å². The fourth-order valence-corrected chi connectivity index (χ4v) is 2.85. The van der Waals surface area contributed by atoms with E-state index in [0.717, 1.165) is 42.8 Å². The van der Waals surface area contributed by atoms with Gasteiger partial charge in [0.05, 0.1) is 5.69 Å². The minimum absolute atomic E-state index is 0.0635. The van der Waals surface area contributed by atoms with Gasteiger partial charge in [0.15, 0.2) is 0 Å². The van der Waals surface area contributed by atoms with Crippen LogP contribution < -0.4 is 5.56 Å². The molecule has 3 rings (SSSR count). The Bertz CT molecular complexity index is 701. The standard InChI is InChI=1S/C17H20N2O/c1-11-7-8-13(9-12(11)2)10-16-18-15-6-4-3-5-14(15)17(20)19-16/h7-9H,3-6,10H2,1-2H3,(H,18,19,20). The van der Waals surface area contributed by atoms with Gasteiger partial charge in [0, 0.05) is 12.0 Å². The summed E-state index contributed by atoms with van der Waals surface area (Å²) in [7, 11) is 0. The molecule has 2 aromatic rings. The molecule has 0 bridgehead atoms. The Labute approximate surface area is 119 Å².